The Morgan fingerprint density at radius 2 is 2.00 bits per heavy atom. The van der Waals surface area contributed by atoms with E-state index in [-0.39, 0.29) is 17.7 Å². The van der Waals surface area contributed by atoms with E-state index in [1.807, 2.05) is 37.3 Å². The van der Waals surface area contributed by atoms with E-state index < -0.39 is 0 Å². The second kappa shape index (κ2) is 9.40. The first-order valence-corrected chi connectivity index (χ1v) is 11.6. The lowest BCUT2D eigenvalue weighted by Gasteiger charge is -2.10. The minimum Gasteiger partial charge on any atom is -0.439 e. The summed E-state index contributed by atoms with van der Waals surface area (Å²) in [5.74, 6) is 0.844. The number of amides is 2. The topological polar surface area (TPSA) is 106 Å². The van der Waals surface area contributed by atoms with Crippen LogP contribution in [0.4, 0.5) is 10.8 Å². The summed E-state index contributed by atoms with van der Waals surface area (Å²) in [7, 11) is 0. The molecule has 0 aliphatic heterocycles. The maximum Gasteiger partial charge on any atom is 0.248 e. The third kappa shape index (κ3) is 5.26. The summed E-state index contributed by atoms with van der Waals surface area (Å²) in [5, 5.41) is 6.23. The van der Waals surface area contributed by atoms with Gasteiger partial charge in [-0.25, -0.2) is 9.97 Å². The predicted molar refractivity (Wildman–Crippen MR) is 132 cm³/mol. The molecule has 0 unspecified atom stereocenters. The molecule has 9 heteroatoms. The van der Waals surface area contributed by atoms with Crippen molar-refractivity contribution in [1.29, 1.82) is 0 Å². The van der Waals surface area contributed by atoms with Crippen LogP contribution < -0.4 is 15.4 Å². The third-order valence-corrected chi connectivity index (χ3v) is 6.07. The molecule has 2 amide bonds. The highest BCUT2D eigenvalue weighted by molar-refractivity contribution is 7.21. The van der Waals surface area contributed by atoms with Crippen LogP contribution in [0.5, 0.6) is 11.6 Å². The van der Waals surface area contributed by atoms with Crippen molar-refractivity contribution in [2.75, 3.05) is 10.6 Å². The Labute approximate surface area is 199 Å². The number of benzene rings is 1. The Hall–Kier alpha value is -4.11. The molecule has 3 heterocycles. The van der Waals surface area contributed by atoms with E-state index >= 15 is 0 Å². The van der Waals surface area contributed by atoms with E-state index in [4.69, 9.17) is 4.74 Å². The largest absolute Gasteiger partial charge is 0.439 e. The smallest absolute Gasteiger partial charge is 0.248 e. The summed E-state index contributed by atoms with van der Waals surface area (Å²) >= 11 is 1.31. The maximum atomic E-state index is 12.3. The van der Waals surface area contributed by atoms with Gasteiger partial charge in [0.25, 0.3) is 0 Å². The number of anilines is 2. The molecule has 1 aliphatic carbocycles. The van der Waals surface area contributed by atoms with Crippen molar-refractivity contribution in [2.24, 2.45) is 5.92 Å². The summed E-state index contributed by atoms with van der Waals surface area (Å²) < 4.78 is 6.01. The molecular weight excluding hydrogens is 450 g/mol. The molecule has 170 valence electrons. The maximum absolute atomic E-state index is 12.3. The van der Waals surface area contributed by atoms with Gasteiger partial charge in [0.2, 0.25) is 17.7 Å². The molecule has 2 N–H and O–H groups in total. The number of thiazole rings is 1. The molecule has 1 aliphatic rings. The first-order valence-electron chi connectivity index (χ1n) is 10.8. The van der Waals surface area contributed by atoms with Crippen LogP contribution in [0.3, 0.4) is 0 Å². The first kappa shape index (κ1) is 21.7. The number of fused-ring (bicyclic) bond motifs is 1. The normalized spacial score (nSPS) is 13.2. The molecule has 0 spiro atoms. The summed E-state index contributed by atoms with van der Waals surface area (Å²) in [6, 6.07) is 12.7. The van der Waals surface area contributed by atoms with Gasteiger partial charge >= 0.3 is 0 Å². The lowest BCUT2D eigenvalue weighted by Crippen LogP contribution is -2.12. The van der Waals surface area contributed by atoms with E-state index in [2.05, 4.69) is 25.6 Å². The van der Waals surface area contributed by atoms with E-state index in [1.54, 1.807) is 30.6 Å². The van der Waals surface area contributed by atoms with Crippen LogP contribution in [0.25, 0.3) is 16.4 Å². The van der Waals surface area contributed by atoms with Crippen LogP contribution in [0.1, 0.15) is 24.0 Å². The Kier molecular flexibility index (Phi) is 6.01. The van der Waals surface area contributed by atoms with E-state index in [0.29, 0.717) is 32.8 Å². The molecule has 34 heavy (non-hydrogen) atoms. The van der Waals surface area contributed by atoms with Gasteiger partial charge in [-0.05, 0) is 55.2 Å². The molecule has 0 radical (unpaired) electrons. The predicted octanol–water partition coefficient (Wildman–Crippen LogP) is 5.19. The van der Waals surface area contributed by atoms with Crippen molar-refractivity contribution in [3.8, 4) is 11.6 Å². The Morgan fingerprint density at radius 1 is 1.12 bits per heavy atom. The quantitative estimate of drug-likeness (QED) is 0.360. The van der Waals surface area contributed by atoms with Gasteiger partial charge in [-0.15, -0.1) is 0 Å². The number of carbonyl (C=O) groups excluding carboxylic acids is 2. The summed E-state index contributed by atoms with van der Waals surface area (Å²) in [6.45, 7) is 1.92. The molecule has 4 aromatic rings. The molecule has 1 saturated carbocycles. The van der Waals surface area contributed by atoms with Crippen LogP contribution in [-0.2, 0) is 9.59 Å². The summed E-state index contributed by atoms with van der Waals surface area (Å²) in [4.78, 5) is 37.9. The molecule has 8 nitrogen and oxygen atoms in total. The van der Waals surface area contributed by atoms with Crippen molar-refractivity contribution in [3.63, 3.8) is 0 Å². The van der Waals surface area contributed by atoms with Crippen molar-refractivity contribution in [2.45, 2.75) is 19.8 Å². The number of ether oxygens (including phenoxy) is 1. The second-order valence-corrected chi connectivity index (χ2v) is 8.93. The zero-order valence-electron chi connectivity index (χ0n) is 18.3. The monoisotopic (exact) mass is 471 g/mol. The number of hydrogen-bond donors (Lipinski definition) is 2. The number of rotatable bonds is 7. The first-order chi connectivity index (χ1) is 16.5. The minimum atomic E-state index is -0.261. The summed E-state index contributed by atoms with van der Waals surface area (Å²) in [5.41, 5.74) is 3.03. The Morgan fingerprint density at radius 3 is 2.79 bits per heavy atom. The van der Waals surface area contributed by atoms with Crippen molar-refractivity contribution >= 4 is 50.4 Å². The van der Waals surface area contributed by atoms with Gasteiger partial charge in [0.05, 0.1) is 0 Å². The second-order valence-electron chi connectivity index (χ2n) is 7.95. The Bertz CT molecular complexity index is 1400. The average Bonchev–Trinajstić information content (AvgIpc) is 3.61. The van der Waals surface area contributed by atoms with Gasteiger partial charge in [0.1, 0.15) is 16.1 Å². The standard InChI is InChI=1S/C25H21N5O3S/c1-15-4-8-18(27-21(31)10-5-16-3-2-12-26-14-16)13-20(15)33-22-11-9-19-24(29-22)34-25(28-19)30-23(32)17-6-7-17/h2-5,8-14,17H,6-7H2,1H3,(H,27,31)(H,28,30,32). The molecule has 0 bridgehead atoms. The lowest BCUT2D eigenvalue weighted by atomic mass is 10.2. The van der Waals surface area contributed by atoms with Crippen LogP contribution in [-0.4, -0.2) is 26.8 Å². The van der Waals surface area contributed by atoms with Crippen LogP contribution in [0, 0.1) is 12.8 Å². The lowest BCUT2D eigenvalue weighted by molar-refractivity contribution is -0.117. The van der Waals surface area contributed by atoms with Gasteiger partial charge < -0.3 is 15.4 Å². The molecule has 0 atom stereocenters. The molecule has 1 aromatic carbocycles. The fourth-order valence-electron chi connectivity index (χ4n) is 3.19. The SMILES string of the molecule is Cc1ccc(NC(=O)C=Cc2cccnc2)cc1Oc1ccc2nc(NC(=O)C3CC3)sc2n1. The van der Waals surface area contributed by atoms with Crippen LogP contribution >= 0.6 is 11.3 Å². The molecule has 3 aromatic heterocycles. The zero-order chi connectivity index (χ0) is 23.5. The van der Waals surface area contributed by atoms with Gasteiger partial charge in [-0.3, -0.25) is 14.6 Å². The summed E-state index contributed by atoms with van der Waals surface area (Å²) in [6.07, 6.45) is 8.39. The van der Waals surface area contributed by atoms with Crippen LogP contribution in [0.2, 0.25) is 0 Å². The van der Waals surface area contributed by atoms with Gasteiger partial charge in [0.15, 0.2) is 5.13 Å². The van der Waals surface area contributed by atoms with Gasteiger partial charge in [-0.2, -0.15) is 0 Å². The van der Waals surface area contributed by atoms with Crippen molar-refractivity contribution in [3.05, 3.63) is 72.1 Å². The number of nitrogens with one attached hydrogen (secondary N) is 2. The number of pyridine rings is 2. The fraction of sp³-hybridized carbons (Fsp3) is 0.160. The molecule has 5 rings (SSSR count). The minimum absolute atomic E-state index is 0.0142. The number of hydrogen-bond acceptors (Lipinski definition) is 7. The number of aryl methyl sites for hydroxylation is 1. The van der Waals surface area contributed by atoms with Crippen LogP contribution in [0.15, 0.2) is 60.9 Å². The van der Waals surface area contributed by atoms with E-state index in [9.17, 15) is 9.59 Å². The molecule has 0 saturated heterocycles. The number of nitrogens with zero attached hydrogens (tertiary/aromatic N) is 3. The number of aromatic nitrogens is 3. The van der Waals surface area contributed by atoms with E-state index in [0.717, 1.165) is 24.0 Å². The van der Waals surface area contributed by atoms with Crippen molar-refractivity contribution < 1.29 is 14.3 Å². The molecule has 1 fully saturated rings. The number of carbonyl (C=O) groups is 2. The highest BCUT2D eigenvalue weighted by Gasteiger charge is 2.30. The average molecular weight is 472 g/mol. The van der Waals surface area contributed by atoms with Crippen molar-refractivity contribution in [1.82, 2.24) is 15.0 Å². The van der Waals surface area contributed by atoms with Gasteiger partial charge in [0, 0.05) is 42.2 Å². The zero-order valence-corrected chi connectivity index (χ0v) is 19.1. The molecular formula is C25H21N5O3S. The third-order valence-electron chi connectivity index (χ3n) is 5.19. The van der Waals surface area contributed by atoms with Gasteiger partial charge in [-0.1, -0.05) is 23.5 Å². The fourth-order valence-corrected chi connectivity index (χ4v) is 4.03. The van der Waals surface area contributed by atoms with E-state index in [1.165, 1.54) is 17.4 Å². The highest BCUT2D eigenvalue weighted by atomic mass is 32.1. The Balaban J connectivity index is 1.28. The highest BCUT2D eigenvalue weighted by Crippen LogP contribution is 2.33.